The second kappa shape index (κ2) is 6.55. The van der Waals surface area contributed by atoms with Crippen molar-refractivity contribution in [3.63, 3.8) is 0 Å². The molecule has 0 bridgehead atoms. The van der Waals surface area contributed by atoms with Crippen LogP contribution in [0.4, 0.5) is 8.78 Å². The molecule has 5 heteroatoms. The first-order chi connectivity index (χ1) is 8.02. The van der Waals surface area contributed by atoms with Gasteiger partial charge < -0.3 is 5.32 Å². The lowest BCUT2D eigenvalue weighted by atomic mass is 10.1. The van der Waals surface area contributed by atoms with Gasteiger partial charge in [0.05, 0.1) is 11.8 Å². The van der Waals surface area contributed by atoms with Crippen LogP contribution in [0.5, 0.6) is 0 Å². The molecule has 1 N–H and O–H groups in total. The highest BCUT2D eigenvalue weighted by Crippen LogP contribution is 2.09. The van der Waals surface area contributed by atoms with E-state index in [0.717, 1.165) is 18.6 Å². The summed E-state index contributed by atoms with van der Waals surface area (Å²) in [5.41, 5.74) is 0.434. The minimum absolute atomic E-state index is 0.0184. The van der Waals surface area contributed by atoms with Gasteiger partial charge in [0, 0.05) is 6.54 Å². The number of carbonyl (C=O) groups excluding carboxylic acids is 1. The number of hydrogen-bond acceptors (Lipinski definition) is 1. The minimum Gasteiger partial charge on any atom is -0.354 e. The van der Waals surface area contributed by atoms with Gasteiger partial charge in [0.2, 0.25) is 5.91 Å². The van der Waals surface area contributed by atoms with Crippen molar-refractivity contribution in [1.29, 1.82) is 0 Å². The summed E-state index contributed by atoms with van der Waals surface area (Å²) < 4.78 is 25.5. The number of benzene rings is 1. The number of rotatable bonds is 5. The summed E-state index contributed by atoms with van der Waals surface area (Å²) in [7, 11) is 0. The van der Waals surface area contributed by atoms with Gasteiger partial charge in [0.15, 0.2) is 11.6 Å². The second-order valence-electron chi connectivity index (χ2n) is 3.73. The summed E-state index contributed by atoms with van der Waals surface area (Å²) in [6, 6.07) is 3.41. The van der Waals surface area contributed by atoms with Crippen molar-refractivity contribution in [2.75, 3.05) is 6.54 Å². The van der Waals surface area contributed by atoms with Crippen LogP contribution in [-0.2, 0) is 11.2 Å². The van der Waals surface area contributed by atoms with E-state index in [0.29, 0.717) is 12.1 Å². The Kier molecular flexibility index (Phi) is 5.35. The molecule has 17 heavy (non-hydrogen) atoms. The monoisotopic (exact) mass is 261 g/mol. The van der Waals surface area contributed by atoms with Gasteiger partial charge >= 0.3 is 0 Å². The number of hydrogen-bond donors (Lipinski definition) is 1. The van der Waals surface area contributed by atoms with Crippen LogP contribution in [0.1, 0.15) is 18.9 Å². The van der Waals surface area contributed by atoms with Gasteiger partial charge in [-0.1, -0.05) is 13.0 Å². The van der Waals surface area contributed by atoms with E-state index in [-0.39, 0.29) is 17.7 Å². The van der Waals surface area contributed by atoms with Crippen molar-refractivity contribution in [3.8, 4) is 0 Å². The Morgan fingerprint density at radius 3 is 2.71 bits per heavy atom. The molecule has 1 amide bonds. The first kappa shape index (κ1) is 13.9. The third-order valence-corrected chi connectivity index (χ3v) is 2.78. The van der Waals surface area contributed by atoms with Crippen LogP contribution in [0.2, 0.25) is 0 Å². The summed E-state index contributed by atoms with van der Waals surface area (Å²) in [6.45, 7) is 2.29. The first-order valence-electron chi connectivity index (χ1n) is 5.37. The molecule has 0 aliphatic heterocycles. The molecule has 1 aromatic rings. The van der Waals surface area contributed by atoms with Gasteiger partial charge in [0.25, 0.3) is 0 Å². The molecule has 0 radical (unpaired) electrons. The van der Waals surface area contributed by atoms with Gasteiger partial charge in [-0.25, -0.2) is 8.78 Å². The molecule has 0 aromatic heterocycles. The molecule has 0 aliphatic rings. The predicted molar refractivity (Wildman–Crippen MR) is 63.0 cm³/mol. The van der Waals surface area contributed by atoms with Crippen LogP contribution < -0.4 is 5.32 Å². The molecular formula is C12H14ClF2NO. The molecule has 2 nitrogen and oxygen atoms in total. The van der Waals surface area contributed by atoms with E-state index in [1.807, 2.05) is 6.92 Å². The second-order valence-corrected chi connectivity index (χ2v) is 4.35. The van der Waals surface area contributed by atoms with E-state index < -0.39 is 11.6 Å². The summed E-state index contributed by atoms with van der Waals surface area (Å²) in [5, 5.41) is 2.52. The molecule has 1 rings (SSSR count). The van der Waals surface area contributed by atoms with Gasteiger partial charge in [-0.3, -0.25) is 4.79 Å². The lowest BCUT2D eigenvalue weighted by molar-refractivity contribution is -0.120. The molecule has 0 saturated heterocycles. The van der Waals surface area contributed by atoms with Crippen molar-refractivity contribution >= 4 is 17.5 Å². The normalized spacial score (nSPS) is 12.2. The fourth-order valence-electron chi connectivity index (χ4n) is 1.27. The molecule has 0 heterocycles. The van der Waals surface area contributed by atoms with Crippen LogP contribution in [-0.4, -0.2) is 17.8 Å². The van der Waals surface area contributed by atoms with Crippen LogP contribution in [0.3, 0.4) is 0 Å². The Bertz CT molecular complexity index is 398. The van der Waals surface area contributed by atoms with E-state index in [4.69, 9.17) is 11.6 Å². The molecule has 0 aliphatic carbocycles. The highest BCUT2D eigenvalue weighted by Gasteiger charge is 2.08. The van der Waals surface area contributed by atoms with Crippen molar-refractivity contribution in [2.24, 2.45) is 0 Å². The quantitative estimate of drug-likeness (QED) is 0.811. The maximum absolute atomic E-state index is 12.9. The van der Waals surface area contributed by atoms with Gasteiger partial charge in [0.1, 0.15) is 0 Å². The smallest absolute Gasteiger partial charge is 0.224 e. The maximum Gasteiger partial charge on any atom is 0.224 e. The molecule has 1 atom stereocenters. The number of carbonyl (C=O) groups is 1. The van der Waals surface area contributed by atoms with Crippen LogP contribution >= 0.6 is 11.6 Å². The minimum atomic E-state index is -0.945. The van der Waals surface area contributed by atoms with E-state index in [2.05, 4.69) is 5.32 Å². The van der Waals surface area contributed by atoms with E-state index in [9.17, 15) is 13.6 Å². The van der Waals surface area contributed by atoms with Crippen molar-refractivity contribution < 1.29 is 13.6 Å². The van der Waals surface area contributed by atoms with E-state index in [1.165, 1.54) is 6.07 Å². The fourth-order valence-corrected chi connectivity index (χ4v) is 1.34. The predicted octanol–water partition coefficient (Wildman–Crippen LogP) is 2.64. The Balaban J connectivity index is 2.48. The topological polar surface area (TPSA) is 29.1 Å². The Hall–Kier alpha value is -1.16. The standard InChI is InChI=1S/C12H14ClF2NO/c1-2-9(13)7-16-12(17)6-8-3-4-10(14)11(15)5-8/h3-5,9H,2,6-7H2,1H3,(H,16,17). The molecule has 1 unspecified atom stereocenters. The lowest BCUT2D eigenvalue weighted by Gasteiger charge is -2.08. The highest BCUT2D eigenvalue weighted by molar-refractivity contribution is 6.20. The van der Waals surface area contributed by atoms with Crippen LogP contribution in [0.15, 0.2) is 18.2 Å². The summed E-state index contributed by atoms with van der Waals surface area (Å²) in [5.74, 6) is -2.12. The zero-order valence-corrected chi connectivity index (χ0v) is 10.2. The lowest BCUT2D eigenvalue weighted by Crippen LogP contribution is -2.30. The Morgan fingerprint density at radius 1 is 1.41 bits per heavy atom. The molecule has 94 valence electrons. The average molecular weight is 262 g/mol. The van der Waals surface area contributed by atoms with Gasteiger partial charge in [-0.05, 0) is 24.1 Å². The number of nitrogens with one attached hydrogen (secondary N) is 1. The summed E-state index contributed by atoms with van der Waals surface area (Å²) in [6.07, 6.45) is 0.775. The maximum atomic E-state index is 12.9. The molecular weight excluding hydrogens is 248 g/mol. The molecule has 0 fully saturated rings. The highest BCUT2D eigenvalue weighted by atomic mass is 35.5. The largest absolute Gasteiger partial charge is 0.354 e. The number of alkyl halides is 1. The number of amides is 1. The number of halogens is 3. The summed E-state index contributed by atoms with van der Waals surface area (Å²) >= 11 is 5.83. The Morgan fingerprint density at radius 2 is 2.12 bits per heavy atom. The molecule has 1 aromatic carbocycles. The zero-order chi connectivity index (χ0) is 12.8. The van der Waals surface area contributed by atoms with Crippen molar-refractivity contribution in [1.82, 2.24) is 5.32 Å². The van der Waals surface area contributed by atoms with Gasteiger partial charge in [-0.2, -0.15) is 0 Å². The van der Waals surface area contributed by atoms with Crippen LogP contribution in [0, 0.1) is 11.6 Å². The third kappa shape index (κ3) is 4.69. The van der Waals surface area contributed by atoms with Crippen molar-refractivity contribution in [2.45, 2.75) is 25.1 Å². The fraction of sp³-hybridized carbons (Fsp3) is 0.417. The van der Waals surface area contributed by atoms with Crippen molar-refractivity contribution in [3.05, 3.63) is 35.4 Å². The van der Waals surface area contributed by atoms with Gasteiger partial charge in [-0.15, -0.1) is 11.6 Å². The average Bonchev–Trinajstić information content (AvgIpc) is 2.31. The van der Waals surface area contributed by atoms with E-state index >= 15 is 0 Å². The Labute approximate surface area is 104 Å². The molecule has 0 spiro atoms. The summed E-state index contributed by atoms with van der Waals surface area (Å²) in [4.78, 5) is 11.4. The SMILES string of the molecule is CCC(Cl)CNC(=O)Cc1ccc(F)c(F)c1. The van der Waals surface area contributed by atoms with Crippen LogP contribution in [0.25, 0.3) is 0 Å². The zero-order valence-electron chi connectivity index (χ0n) is 9.47. The molecule has 0 saturated carbocycles. The van der Waals surface area contributed by atoms with E-state index in [1.54, 1.807) is 0 Å². The first-order valence-corrected chi connectivity index (χ1v) is 5.81. The third-order valence-electron chi connectivity index (χ3n) is 2.31.